The van der Waals surface area contributed by atoms with Gasteiger partial charge in [-0.2, -0.15) is 0 Å². The van der Waals surface area contributed by atoms with Crippen LogP contribution in [0.15, 0.2) is 0 Å². The Bertz CT molecular complexity index is 296. The first-order valence-corrected chi connectivity index (χ1v) is 6.52. The van der Waals surface area contributed by atoms with Gasteiger partial charge in [0.05, 0.1) is 6.42 Å². The molecule has 0 bridgehead atoms. The van der Waals surface area contributed by atoms with Crippen molar-refractivity contribution in [1.29, 1.82) is 0 Å². The van der Waals surface area contributed by atoms with Crippen LogP contribution in [0.3, 0.4) is 0 Å². The molecule has 0 aliphatic carbocycles. The number of nitrogens with one attached hydrogen (secondary N) is 2. The number of piperidine rings is 1. The Morgan fingerprint density at radius 1 is 1.50 bits per heavy atom. The summed E-state index contributed by atoms with van der Waals surface area (Å²) in [7, 11) is 0. The number of carbonyl (C=O) groups is 2. The van der Waals surface area contributed by atoms with Gasteiger partial charge < -0.3 is 20.6 Å². The molecule has 1 aliphatic heterocycles. The van der Waals surface area contributed by atoms with Gasteiger partial charge >= 0.3 is 12.0 Å². The molecule has 6 nitrogen and oxygen atoms in total. The normalized spacial score (nSPS) is 22.2. The largest absolute Gasteiger partial charge is 0.481 e. The minimum atomic E-state index is -0.905. The van der Waals surface area contributed by atoms with Crippen molar-refractivity contribution in [3.05, 3.63) is 0 Å². The quantitative estimate of drug-likeness (QED) is 0.675. The summed E-state index contributed by atoms with van der Waals surface area (Å²) < 4.78 is 0. The lowest BCUT2D eigenvalue weighted by Crippen LogP contribution is -2.51. The molecule has 6 heteroatoms. The molecule has 0 saturated carbocycles. The Morgan fingerprint density at radius 3 is 2.83 bits per heavy atom. The summed E-state index contributed by atoms with van der Waals surface area (Å²) >= 11 is 0. The molecule has 2 atom stereocenters. The Morgan fingerprint density at radius 2 is 2.22 bits per heavy atom. The third-order valence-electron chi connectivity index (χ3n) is 3.15. The van der Waals surface area contributed by atoms with Gasteiger partial charge in [0.2, 0.25) is 0 Å². The lowest BCUT2D eigenvalue weighted by molar-refractivity contribution is -0.137. The summed E-state index contributed by atoms with van der Waals surface area (Å²) in [6, 6.07) is -0.462. The predicted molar refractivity (Wildman–Crippen MR) is 68.5 cm³/mol. The summed E-state index contributed by atoms with van der Waals surface area (Å²) in [6.45, 7) is 6.75. The molecule has 1 aliphatic rings. The fraction of sp³-hybridized carbons (Fsp3) is 0.833. The molecule has 2 unspecified atom stereocenters. The molecular formula is C12H23N3O3. The lowest BCUT2D eigenvalue weighted by atomic mass is 10.1. The van der Waals surface area contributed by atoms with Crippen molar-refractivity contribution in [2.45, 2.75) is 45.2 Å². The Kier molecular flexibility index (Phi) is 5.91. The number of carbonyl (C=O) groups excluding carboxylic acids is 1. The minimum absolute atomic E-state index is 0.0564. The SMILES string of the molecule is CCN1CCCC(NC(=O)NC(C)CC(=O)O)C1. The number of likely N-dealkylation sites (tertiary alicyclic amines) is 1. The summed E-state index contributed by atoms with van der Waals surface area (Å²) in [5.74, 6) is -0.905. The van der Waals surface area contributed by atoms with E-state index in [1.807, 2.05) is 0 Å². The predicted octanol–water partition coefficient (Wildman–Crippen LogP) is 0.633. The number of carboxylic acid groups (broad SMARTS) is 1. The number of nitrogens with zero attached hydrogens (tertiary/aromatic N) is 1. The molecule has 104 valence electrons. The van der Waals surface area contributed by atoms with Crippen molar-refractivity contribution in [3.8, 4) is 0 Å². The molecular weight excluding hydrogens is 234 g/mol. The molecule has 18 heavy (non-hydrogen) atoms. The average molecular weight is 257 g/mol. The second kappa shape index (κ2) is 7.20. The standard InChI is InChI=1S/C12H23N3O3/c1-3-15-6-4-5-10(8-15)14-12(18)13-9(2)7-11(16)17/h9-10H,3-8H2,1-2H3,(H,16,17)(H2,13,14,18). The fourth-order valence-electron chi connectivity index (χ4n) is 2.22. The van der Waals surface area contributed by atoms with Crippen molar-refractivity contribution >= 4 is 12.0 Å². The zero-order valence-electron chi connectivity index (χ0n) is 11.1. The Balaban J connectivity index is 2.28. The Hall–Kier alpha value is -1.30. The highest BCUT2D eigenvalue weighted by Gasteiger charge is 2.20. The first-order valence-electron chi connectivity index (χ1n) is 6.52. The molecule has 1 rings (SSSR count). The summed E-state index contributed by atoms with van der Waals surface area (Å²) in [5, 5.41) is 14.2. The van der Waals surface area contributed by atoms with Crippen LogP contribution in [0.25, 0.3) is 0 Å². The van der Waals surface area contributed by atoms with Gasteiger partial charge in [-0.15, -0.1) is 0 Å². The smallest absolute Gasteiger partial charge is 0.315 e. The first-order chi connectivity index (χ1) is 8.51. The molecule has 0 aromatic carbocycles. The maximum atomic E-state index is 11.7. The van der Waals surface area contributed by atoms with Gasteiger partial charge in [-0.05, 0) is 32.9 Å². The number of rotatable bonds is 5. The van der Waals surface area contributed by atoms with Crippen LogP contribution in [-0.4, -0.2) is 53.7 Å². The maximum absolute atomic E-state index is 11.7. The highest BCUT2D eigenvalue weighted by molar-refractivity contribution is 5.75. The highest BCUT2D eigenvalue weighted by atomic mass is 16.4. The molecule has 2 amide bonds. The van der Waals surface area contributed by atoms with Gasteiger partial charge in [-0.3, -0.25) is 4.79 Å². The van der Waals surface area contributed by atoms with E-state index in [9.17, 15) is 9.59 Å². The lowest BCUT2D eigenvalue weighted by Gasteiger charge is -2.32. The molecule has 1 fully saturated rings. The van der Waals surface area contributed by atoms with E-state index >= 15 is 0 Å². The fourth-order valence-corrected chi connectivity index (χ4v) is 2.22. The number of aliphatic carboxylic acids is 1. The van der Waals surface area contributed by atoms with Crippen LogP contribution in [0.1, 0.15) is 33.1 Å². The van der Waals surface area contributed by atoms with E-state index in [4.69, 9.17) is 5.11 Å². The van der Waals surface area contributed by atoms with Crippen LogP contribution in [0, 0.1) is 0 Å². The van der Waals surface area contributed by atoms with E-state index in [0.29, 0.717) is 0 Å². The van der Waals surface area contributed by atoms with Crippen LogP contribution in [-0.2, 0) is 4.79 Å². The van der Waals surface area contributed by atoms with E-state index in [1.54, 1.807) is 6.92 Å². The van der Waals surface area contributed by atoms with Gasteiger partial charge in [-0.1, -0.05) is 6.92 Å². The van der Waals surface area contributed by atoms with Gasteiger partial charge in [0.25, 0.3) is 0 Å². The Labute approximate surface area is 108 Å². The second-order valence-corrected chi connectivity index (χ2v) is 4.85. The molecule has 0 radical (unpaired) electrons. The first kappa shape index (κ1) is 14.8. The van der Waals surface area contributed by atoms with Crippen LogP contribution in [0.4, 0.5) is 4.79 Å². The van der Waals surface area contributed by atoms with E-state index in [-0.39, 0.29) is 24.5 Å². The topological polar surface area (TPSA) is 81.7 Å². The molecule has 0 aromatic rings. The zero-order valence-corrected chi connectivity index (χ0v) is 11.1. The second-order valence-electron chi connectivity index (χ2n) is 4.85. The molecule has 1 saturated heterocycles. The third kappa shape index (κ3) is 5.35. The van der Waals surface area contributed by atoms with E-state index in [2.05, 4.69) is 22.5 Å². The number of amides is 2. The van der Waals surface area contributed by atoms with Gasteiger partial charge in [0, 0.05) is 18.6 Å². The molecule has 0 spiro atoms. The monoisotopic (exact) mass is 257 g/mol. The maximum Gasteiger partial charge on any atom is 0.315 e. The minimum Gasteiger partial charge on any atom is -0.481 e. The van der Waals surface area contributed by atoms with Gasteiger partial charge in [0.15, 0.2) is 0 Å². The molecule has 3 N–H and O–H groups in total. The molecule has 0 aromatic heterocycles. The van der Waals surface area contributed by atoms with Crippen LogP contribution >= 0.6 is 0 Å². The van der Waals surface area contributed by atoms with Crippen molar-refractivity contribution in [2.24, 2.45) is 0 Å². The number of hydrogen-bond donors (Lipinski definition) is 3. The zero-order chi connectivity index (χ0) is 13.5. The van der Waals surface area contributed by atoms with Crippen molar-refractivity contribution in [1.82, 2.24) is 15.5 Å². The van der Waals surface area contributed by atoms with E-state index in [0.717, 1.165) is 32.5 Å². The van der Waals surface area contributed by atoms with Crippen LogP contribution < -0.4 is 10.6 Å². The van der Waals surface area contributed by atoms with Crippen LogP contribution in [0.2, 0.25) is 0 Å². The number of likely N-dealkylation sites (N-methyl/N-ethyl adjacent to an activating group) is 1. The van der Waals surface area contributed by atoms with Crippen molar-refractivity contribution in [2.75, 3.05) is 19.6 Å². The average Bonchev–Trinajstić information content (AvgIpc) is 2.27. The third-order valence-corrected chi connectivity index (χ3v) is 3.15. The number of carboxylic acids is 1. The number of hydrogen-bond acceptors (Lipinski definition) is 3. The summed E-state index contributed by atoms with van der Waals surface area (Å²) in [5.41, 5.74) is 0. The van der Waals surface area contributed by atoms with E-state index in [1.165, 1.54) is 0 Å². The number of urea groups is 1. The highest BCUT2D eigenvalue weighted by Crippen LogP contribution is 2.09. The van der Waals surface area contributed by atoms with Crippen molar-refractivity contribution < 1.29 is 14.7 Å². The van der Waals surface area contributed by atoms with Gasteiger partial charge in [0.1, 0.15) is 0 Å². The van der Waals surface area contributed by atoms with Gasteiger partial charge in [-0.25, -0.2) is 4.79 Å². The van der Waals surface area contributed by atoms with Crippen molar-refractivity contribution in [3.63, 3.8) is 0 Å². The summed E-state index contributed by atoms with van der Waals surface area (Å²) in [6.07, 6.45) is 2.01. The summed E-state index contributed by atoms with van der Waals surface area (Å²) in [4.78, 5) is 24.4. The van der Waals surface area contributed by atoms with Crippen LogP contribution in [0.5, 0.6) is 0 Å². The molecule has 1 heterocycles. The van der Waals surface area contributed by atoms with E-state index < -0.39 is 5.97 Å².